The third-order valence-electron chi connectivity index (χ3n) is 1.60. The molecule has 1 atom stereocenters. The summed E-state index contributed by atoms with van der Waals surface area (Å²) in [6.45, 7) is -0.561. The van der Waals surface area contributed by atoms with Crippen LogP contribution in [0.4, 0.5) is 4.79 Å². The minimum Gasteiger partial charge on any atom is -0.481 e. The molecule has 7 nitrogen and oxygen atoms in total. The molecule has 0 radical (unpaired) electrons. The molecule has 1 amide bonds. The van der Waals surface area contributed by atoms with Crippen molar-refractivity contribution in [2.45, 2.75) is 22.7 Å². The van der Waals surface area contributed by atoms with Crippen LogP contribution in [-0.4, -0.2) is 44.7 Å². The molecule has 0 saturated heterocycles. The summed E-state index contributed by atoms with van der Waals surface area (Å²) in [7, 11) is 0. The lowest BCUT2D eigenvalue weighted by atomic mass is 10.1. The van der Waals surface area contributed by atoms with Gasteiger partial charge in [-0.25, -0.2) is 9.59 Å². The van der Waals surface area contributed by atoms with Crippen LogP contribution >= 0.6 is 34.8 Å². The number of alkyl halides is 3. The highest BCUT2D eigenvalue weighted by molar-refractivity contribution is 6.67. The Kier molecular flexibility index (Phi) is 7.12. The van der Waals surface area contributed by atoms with Gasteiger partial charge in [-0.1, -0.05) is 34.8 Å². The number of carbonyl (C=O) groups excluding carboxylic acids is 1. The highest BCUT2D eigenvalue weighted by atomic mass is 35.6. The molecule has 0 aliphatic rings. The van der Waals surface area contributed by atoms with E-state index < -0.39 is 40.9 Å². The Bertz CT molecular complexity index is 329. The standard InChI is InChI=1S/C8H10Cl3NO6/c9-8(10,11)3-18-7(17)12-4(6(15)16)1-2-5(13)14/h4H,1-3H2,(H,12,17)(H,13,14)(H,15,16)/t4-/m0/s1. The molecule has 0 aromatic rings. The van der Waals surface area contributed by atoms with Crippen molar-refractivity contribution in [1.82, 2.24) is 5.32 Å². The lowest BCUT2D eigenvalue weighted by molar-refractivity contribution is -0.140. The lowest BCUT2D eigenvalue weighted by Gasteiger charge is -2.15. The van der Waals surface area contributed by atoms with Crippen molar-refractivity contribution in [3.05, 3.63) is 0 Å². The summed E-state index contributed by atoms with van der Waals surface area (Å²) in [5.41, 5.74) is 0. The fourth-order valence-corrected chi connectivity index (χ4v) is 1.02. The number of ether oxygens (including phenoxy) is 1. The van der Waals surface area contributed by atoms with E-state index in [0.717, 1.165) is 0 Å². The van der Waals surface area contributed by atoms with Crippen molar-refractivity contribution < 1.29 is 29.3 Å². The van der Waals surface area contributed by atoms with Crippen molar-refractivity contribution >= 4 is 52.8 Å². The van der Waals surface area contributed by atoms with Crippen LogP contribution in [0.25, 0.3) is 0 Å². The maximum atomic E-state index is 11.1. The molecule has 3 N–H and O–H groups in total. The van der Waals surface area contributed by atoms with Crippen LogP contribution in [0.3, 0.4) is 0 Å². The maximum absolute atomic E-state index is 11.1. The van der Waals surface area contributed by atoms with E-state index in [0.29, 0.717) is 0 Å². The molecule has 0 aromatic carbocycles. The van der Waals surface area contributed by atoms with E-state index in [2.05, 4.69) is 4.74 Å². The first-order valence-corrected chi connectivity index (χ1v) is 5.70. The van der Waals surface area contributed by atoms with Crippen LogP contribution in [0.2, 0.25) is 0 Å². The number of halogens is 3. The average Bonchev–Trinajstić information content (AvgIpc) is 2.19. The van der Waals surface area contributed by atoms with Crippen molar-refractivity contribution in [1.29, 1.82) is 0 Å². The number of carboxylic acids is 2. The number of carboxylic acid groups (broad SMARTS) is 2. The van der Waals surface area contributed by atoms with Gasteiger partial charge in [-0.3, -0.25) is 4.79 Å². The molecule has 10 heteroatoms. The van der Waals surface area contributed by atoms with Crippen LogP contribution in [0, 0.1) is 0 Å². The van der Waals surface area contributed by atoms with Crippen LogP contribution in [0.1, 0.15) is 12.8 Å². The molecule has 0 spiro atoms. The van der Waals surface area contributed by atoms with Gasteiger partial charge >= 0.3 is 18.0 Å². The van der Waals surface area contributed by atoms with Crippen molar-refractivity contribution in [2.75, 3.05) is 6.61 Å². The Hall–Kier alpha value is -0.920. The van der Waals surface area contributed by atoms with Crippen LogP contribution < -0.4 is 5.32 Å². The second kappa shape index (κ2) is 7.50. The predicted molar refractivity (Wildman–Crippen MR) is 63.1 cm³/mol. The Morgan fingerprint density at radius 2 is 1.78 bits per heavy atom. The number of alkyl carbamates (subject to hydrolysis) is 1. The van der Waals surface area contributed by atoms with E-state index in [4.69, 9.17) is 45.0 Å². The fourth-order valence-electron chi connectivity index (χ4n) is 0.856. The third kappa shape index (κ3) is 9.15. The number of nitrogens with one attached hydrogen (secondary N) is 1. The molecule has 0 aliphatic carbocycles. The molecule has 0 aliphatic heterocycles. The van der Waals surface area contributed by atoms with Crippen molar-refractivity contribution in [3.63, 3.8) is 0 Å². The first-order valence-electron chi connectivity index (χ1n) is 4.56. The predicted octanol–water partition coefficient (Wildman–Crippen LogP) is 1.40. The number of amides is 1. The second-order valence-electron chi connectivity index (χ2n) is 3.16. The minimum absolute atomic E-state index is 0.284. The zero-order valence-corrected chi connectivity index (χ0v) is 11.1. The van der Waals surface area contributed by atoms with E-state index in [9.17, 15) is 14.4 Å². The summed E-state index contributed by atoms with van der Waals surface area (Å²) in [5.74, 6) is -2.57. The lowest BCUT2D eigenvalue weighted by Crippen LogP contribution is -2.42. The summed E-state index contributed by atoms with van der Waals surface area (Å²) < 4.78 is 2.63. The van der Waals surface area contributed by atoms with Crippen molar-refractivity contribution in [3.8, 4) is 0 Å². The van der Waals surface area contributed by atoms with Crippen molar-refractivity contribution in [2.24, 2.45) is 0 Å². The number of carbonyl (C=O) groups is 3. The van der Waals surface area contributed by atoms with Gasteiger partial charge in [-0.05, 0) is 6.42 Å². The summed E-state index contributed by atoms with van der Waals surface area (Å²) in [6.07, 6.45) is -1.81. The van der Waals surface area contributed by atoms with E-state index >= 15 is 0 Å². The Morgan fingerprint density at radius 1 is 1.22 bits per heavy atom. The number of aliphatic carboxylic acids is 2. The van der Waals surface area contributed by atoms with E-state index in [1.165, 1.54) is 0 Å². The molecule has 0 fully saturated rings. The van der Waals surface area contributed by atoms with Gasteiger partial charge in [0, 0.05) is 6.42 Å². The van der Waals surface area contributed by atoms with Gasteiger partial charge in [0.05, 0.1) is 0 Å². The monoisotopic (exact) mass is 321 g/mol. The van der Waals surface area contributed by atoms with Gasteiger partial charge in [-0.2, -0.15) is 0 Å². The first kappa shape index (κ1) is 17.1. The van der Waals surface area contributed by atoms with E-state index in [-0.39, 0.29) is 6.42 Å². The first-order chi connectivity index (χ1) is 8.11. The number of hydrogen-bond donors (Lipinski definition) is 3. The largest absolute Gasteiger partial charge is 0.481 e. The fraction of sp³-hybridized carbons (Fsp3) is 0.625. The third-order valence-corrected chi connectivity index (χ3v) is 1.93. The van der Waals surface area contributed by atoms with Crippen LogP contribution in [0.15, 0.2) is 0 Å². The van der Waals surface area contributed by atoms with Gasteiger partial charge in [-0.15, -0.1) is 0 Å². The van der Waals surface area contributed by atoms with Gasteiger partial charge in [0.2, 0.25) is 3.79 Å². The highest BCUT2D eigenvalue weighted by Gasteiger charge is 2.25. The Labute approximate surface area is 117 Å². The van der Waals surface area contributed by atoms with Gasteiger partial charge in [0.15, 0.2) is 0 Å². The summed E-state index contributed by atoms with van der Waals surface area (Å²) in [5, 5.41) is 19.1. The molecular formula is C8H10Cl3NO6. The van der Waals surface area contributed by atoms with Gasteiger partial charge in [0.25, 0.3) is 0 Å². The molecule has 0 aromatic heterocycles. The molecule has 0 saturated carbocycles. The molecule has 0 bridgehead atoms. The molecular weight excluding hydrogens is 312 g/mol. The maximum Gasteiger partial charge on any atom is 0.407 e. The topological polar surface area (TPSA) is 113 Å². The molecule has 0 rings (SSSR count). The second-order valence-corrected chi connectivity index (χ2v) is 5.67. The van der Waals surface area contributed by atoms with Gasteiger partial charge < -0.3 is 20.3 Å². The van der Waals surface area contributed by atoms with E-state index in [1.54, 1.807) is 0 Å². The molecule has 104 valence electrons. The smallest absolute Gasteiger partial charge is 0.407 e. The number of hydrogen-bond acceptors (Lipinski definition) is 4. The SMILES string of the molecule is O=C(O)CC[C@H](NC(=O)OCC(Cl)(Cl)Cl)C(=O)O. The zero-order chi connectivity index (χ0) is 14.3. The van der Waals surface area contributed by atoms with Gasteiger partial charge in [0.1, 0.15) is 12.6 Å². The zero-order valence-electron chi connectivity index (χ0n) is 8.86. The van der Waals surface area contributed by atoms with Crippen LogP contribution in [-0.2, 0) is 14.3 Å². The van der Waals surface area contributed by atoms with Crippen LogP contribution in [0.5, 0.6) is 0 Å². The van der Waals surface area contributed by atoms with E-state index in [1.807, 2.05) is 5.32 Å². The summed E-state index contributed by atoms with van der Waals surface area (Å²) in [6, 6.07) is -1.39. The summed E-state index contributed by atoms with van der Waals surface area (Å²) in [4.78, 5) is 32.1. The summed E-state index contributed by atoms with van der Waals surface area (Å²) >= 11 is 15.9. The number of rotatable bonds is 6. The molecule has 0 heterocycles. The minimum atomic E-state index is -1.81. The Balaban J connectivity index is 4.20. The quantitative estimate of drug-likeness (QED) is 0.637. The normalized spacial score (nSPS) is 12.6. The highest BCUT2D eigenvalue weighted by Crippen LogP contribution is 2.25. The Morgan fingerprint density at radius 3 is 2.17 bits per heavy atom. The average molecular weight is 323 g/mol. The molecule has 0 unspecified atom stereocenters. The molecule has 18 heavy (non-hydrogen) atoms.